The number of amidine groups is 1. The summed E-state index contributed by atoms with van der Waals surface area (Å²) in [6, 6.07) is 6.97. The Morgan fingerprint density at radius 1 is 1.53 bits per heavy atom. The molecule has 1 aliphatic rings. The Hall–Kier alpha value is -1.35. The summed E-state index contributed by atoms with van der Waals surface area (Å²) in [6.45, 7) is 3.20. The van der Waals surface area contributed by atoms with Gasteiger partial charge in [-0.05, 0) is 25.1 Å². The highest BCUT2D eigenvalue weighted by molar-refractivity contribution is 6.31. The number of halogens is 1. The lowest BCUT2D eigenvalue weighted by Gasteiger charge is -2.15. The third-order valence-electron chi connectivity index (χ3n) is 2.37. The van der Waals surface area contributed by atoms with Crippen LogP contribution in [0.2, 0.25) is 5.02 Å². The minimum absolute atomic E-state index is 0.0312. The SMILES string of the molecule is CC1=NCCN1C(=O)c1cccc(Cl)c1. The number of carbonyl (C=O) groups is 1. The Balaban J connectivity index is 2.25. The van der Waals surface area contributed by atoms with Crippen molar-refractivity contribution in [2.24, 2.45) is 4.99 Å². The van der Waals surface area contributed by atoms with E-state index in [0.717, 1.165) is 5.84 Å². The molecule has 0 fully saturated rings. The highest BCUT2D eigenvalue weighted by Gasteiger charge is 2.21. The number of carbonyl (C=O) groups excluding carboxylic acids is 1. The third kappa shape index (κ3) is 2.02. The monoisotopic (exact) mass is 222 g/mol. The van der Waals surface area contributed by atoms with Gasteiger partial charge in [-0.1, -0.05) is 17.7 Å². The molecule has 1 aromatic rings. The molecule has 0 unspecified atom stereocenters. The highest BCUT2D eigenvalue weighted by atomic mass is 35.5. The Bertz CT molecular complexity index is 428. The second-order valence-corrected chi connectivity index (χ2v) is 3.83. The lowest BCUT2D eigenvalue weighted by molar-refractivity contribution is 0.0857. The van der Waals surface area contributed by atoms with E-state index in [-0.39, 0.29) is 5.91 Å². The molecule has 0 aromatic heterocycles. The quantitative estimate of drug-likeness (QED) is 0.717. The molecule has 15 heavy (non-hydrogen) atoms. The van der Waals surface area contributed by atoms with Crippen molar-refractivity contribution < 1.29 is 4.79 Å². The van der Waals surface area contributed by atoms with Crippen LogP contribution in [0.1, 0.15) is 17.3 Å². The number of nitrogens with zero attached hydrogens (tertiary/aromatic N) is 2. The summed E-state index contributed by atoms with van der Waals surface area (Å²) in [5.74, 6) is 0.747. The number of hydrogen-bond donors (Lipinski definition) is 0. The van der Waals surface area contributed by atoms with E-state index in [0.29, 0.717) is 23.7 Å². The summed E-state index contributed by atoms with van der Waals surface area (Å²) >= 11 is 5.83. The minimum Gasteiger partial charge on any atom is -0.295 e. The zero-order chi connectivity index (χ0) is 10.8. The van der Waals surface area contributed by atoms with Crippen LogP contribution in [0.4, 0.5) is 0 Å². The first kappa shape index (κ1) is 10.2. The molecule has 4 heteroatoms. The van der Waals surface area contributed by atoms with Gasteiger partial charge in [-0.2, -0.15) is 0 Å². The van der Waals surface area contributed by atoms with Gasteiger partial charge in [0.1, 0.15) is 5.84 Å². The Morgan fingerprint density at radius 3 is 2.93 bits per heavy atom. The normalized spacial score (nSPS) is 15.3. The Kier molecular flexibility index (Phi) is 2.73. The molecule has 1 aliphatic heterocycles. The van der Waals surface area contributed by atoms with Gasteiger partial charge < -0.3 is 0 Å². The van der Waals surface area contributed by atoms with Gasteiger partial charge in [-0.15, -0.1) is 0 Å². The first-order valence-corrected chi connectivity index (χ1v) is 5.15. The minimum atomic E-state index is -0.0312. The Morgan fingerprint density at radius 2 is 2.33 bits per heavy atom. The van der Waals surface area contributed by atoms with Crippen molar-refractivity contribution in [3.8, 4) is 0 Å². The first-order chi connectivity index (χ1) is 7.18. The molecule has 0 saturated carbocycles. The maximum absolute atomic E-state index is 12.0. The van der Waals surface area contributed by atoms with E-state index in [1.54, 1.807) is 29.2 Å². The first-order valence-electron chi connectivity index (χ1n) is 4.77. The average molecular weight is 223 g/mol. The molecule has 1 aromatic carbocycles. The second-order valence-electron chi connectivity index (χ2n) is 3.40. The van der Waals surface area contributed by atoms with Gasteiger partial charge in [0.2, 0.25) is 0 Å². The van der Waals surface area contributed by atoms with E-state index < -0.39 is 0 Å². The maximum atomic E-state index is 12.0. The zero-order valence-corrected chi connectivity index (χ0v) is 9.16. The molecule has 1 heterocycles. The lowest BCUT2D eigenvalue weighted by Crippen LogP contribution is -2.32. The van der Waals surface area contributed by atoms with E-state index in [9.17, 15) is 4.79 Å². The van der Waals surface area contributed by atoms with Crippen LogP contribution in [0.15, 0.2) is 29.3 Å². The fraction of sp³-hybridized carbons (Fsp3) is 0.273. The topological polar surface area (TPSA) is 32.7 Å². The predicted molar refractivity (Wildman–Crippen MR) is 60.5 cm³/mol. The molecule has 0 spiro atoms. The molecular weight excluding hydrogens is 212 g/mol. The maximum Gasteiger partial charge on any atom is 0.259 e. The highest BCUT2D eigenvalue weighted by Crippen LogP contribution is 2.14. The van der Waals surface area contributed by atoms with Crippen molar-refractivity contribution in [2.75, 3.05) is 13.1 Å². The summed E-state index contributed by atoms with van der Waals surface area (Å²) in [6.07, 6.45) is 0. The zero-order valence-electron chi connectivity index (χ0n) is 8.40. The van der Waals surface area contributed by atoms with Crippen molar-refractivity contribution in [3.63, 3.8) is 0 Å². The smallest absolute Gasteiger partial charge is 0.259 e. The lowest BCUT2D eigenvalue weighted by atomic mass is 10.2. The standard InChI is InChI=1S/C11H11ClN2O/c1-8-13-5-6-14(8)11(15)9-3-2-4-10(12)7-9/h2-4,7H,5-6H2,1H3. The molecule has 78 valence electrons. The van der Waals surface area contributed by atoms with Crippen LogP contribution in [0, 0.1) is 0 Å². The summed E-state index contributed by atoms with van der Waals surface area (Å²) in [5.41, 5.74) is 0.610. The number of benzene rings is 1. The predicted octanol–water partition coefficient (Wildman–Crippen LogP) is 2.21. The van der Waals surface area contributed by atoms with Crippen molar-refractivity contribution >= 4 is 23.3 Å². The van der Waals surface area contributed by atoms with E-state index in [1.165, 1.54) is 0 Å². The number of aliphatic imine (C=N–C) groups is 1. The van der Waals surface area contributed by atoms with Crippen LogP contribution < -0.4 is 0 Å². The van der Waals surface area contributed by atoms with Crippen LogP contribution in [-0.2, 0) is 0 Å². The van der Waals surface area contributed by atoms with Crippen molar-refractivity contribution in [2.45, 2.75) is 6.92 Å². The molecule has 0 N–H and O–H groups in total. The molecule has 0 bridgehead atoms. The average Bonchev–Trinajstić information content (AvgIpc) is 2.63. The molecule has 2 rings (SSSR count). The largest absolute Gasteiger partial charge is 0.295 e. The van der Waals surface area contributed by atoms with E-state index in [1.807, 2.05) is 6.92 Å². The number of rotatable bonds is 1. The fourth-order valence-corrected chi connectivity index (χ4v) is 1.78. The molecule has 0 atom stereocenters. The van der Waals surface area contributed by atoms with E-state index >= 15 is 0 Å². The number of amides is 1. The van der Waals surface area contributed by atoms with Crippen molar-refractivity contribution in [1.82, 2.24) is 4.90 Å². The fourth-order valence-electron chi connectivity index (χ4n) is 1.58. The number of hydrogen-bond acceptors (Lipinski definition) is 2. The van der Waals surface area contributed by atoms with Gasteiger partial charge in [0.25, 0.3) is 5.91 Å². The van der Waals surface area contributed by atoms with Crippen LogP contribution in [0.5, 0.6) is 0 Å². The van der Waals surface area contributed by atoms with Crippen LogP contribution in [0.3, 0.4) is 0 Å². The van der Waals surface area contributed by atoms with Gasteiger partial charge in [0, 0.05) is 17.1 Å². The van der Waals surface area contributed by atoms with Gasteiger partial charge in [-0.25, -0.2) is 0 Å². The summed E-state index contributed by atoms with van der Waals surface area (Å²) in [5, 5.41) is 0.578. The molecular formula is C11H11ClN2O. The van der Waals surface area contributed by atoms with Crippen molar-refractivity contribution in [1.29, 1.82) is 0 Å². The van der Waals surface area contributed by atoms with Crippen LogP contribution in [0.25, 0.3) is 0 Å². The molecule has 0 radical (unpaired) electrons. The summed E-state index contributed by atoms with van der Waals surface area (Å²) < 4.78 is 0. The van der Waals surface area contributed by atoms with Gasteiger partial charge >= 0.3 is 0 Å². The van der Waals surface area contributed by atoms with Crippen LogP contribution >= 0.6 is 11.6 Å². The van der Waals surface area contributed by atoms with Gasteiger partial charge in [0.05, 0.1) is 6.54 Å². The molecule has 0 saturated heterocycles. The van der Waals surface area contributed by atoms with Crippen molar-refractivity contribution in [3.05, 3.63) is 34.9 Å². The summed E-state index contributed by atoms with van der Waals surface area (Å²) in [7, 11) is 0. The Labute approximate surface area is 93.4 Å². The van der Waals surface area contributed by atoms with Gasteiger partial charge in [-0.3, -0.25) is 14.7 Å². The van der Waals surface area contributed by atoms with Crippen LogP contribution in [-0.4, -0.2) is 29.7 Å². The molecule has 3 nitrogen and oxygen atoms in total. The third-order valence-corrected chi connectivity index (χ3v) is 2.61. The van der Waals surface area contributed by atoms with Gasteiger partial charge in [0.15, 0.2) is 0 Å². The molecule has 0 aliphatic carbocycles. The molecule has 1 amide bonds. The van der Waals surface area contributed by atoms with E-state index in [4.69, 9.17) is 11.6 Å². The second kappa shape index (κ2) is 4.03. The van der Waals surface area contributed by atoms with E-state index in [2.05, 4.69) is 4.99 Å². The summed E-state index contributed by atoms with van der Waals surface area (Å²) in [4.78, 5) is 17.8.